The van der Waals surface area contributed by atoms with Gasteiger partial charge in [-0.1, -0.05) is 0 Å². The Morgan fingerprint density at radius 2 is 1.61 bits per heavy atom. The van der Waals surface area contributed by atoms with Crippen molar-refractivity contribution in [2.24, 2.45) is 14.1 Å². The van der Waals surface area contributed by atoms with Gasteiger partial charge in [0.1, 0.15) is 0 Å². The smallest absolute Gasteiger partial charge is 0.321 e. The van der Waals surface area contributed by atoms with Crippen molar-refractivity contribution in [2.75, 3.05) is 12.4 Å². The van der Waals surface area contributed by atoms with Crippen LogP contribution in [0.1, 0.15) is 26.9 Å². The van der Waals surface area contributed by atoms with Gasteiger partial charge in [0, 0.05) is 33.5 Å². The second-order valence-corrected chi connectivity index (χ2v) is 4.86. The van der Waals surface area contributed by atoms with Crippen molar-refractivity contribution in [3.05, 3.63) is 29.7 Å². The third-order valence-corrected chi connectivity index (χ3v) is 2.98. The molecular formula is C13H17N7O3. The van der Waals surface area contributed by atoms with E-state index in [-0.39, 0.29) is 17.5 Å². The van der Waals surface area contributed by atoms with Crippen LogP contribution in [-0.2, 0) is 14.1 Å². The Bertz CT molecular complexity index is 775. The Kier molecular flexibility index (Phi) is 4.44. The van der Waals surface area contributed by atoms with E-state index in [2.05, 4.69) is 25.9 Å². The number of nitrogens with one attached hydrogen (secondary N) is 3. The summed E-state index contributed by atoms with van der Waals surface area (Å²) in [5.74, 6) is -0.734. The normalized spacial score (nSPS) is 10.3. The molecule has 0 spiro atoms. The fourth-order valence-electron chi connectivity index (χ4n) is 1.96. The molecule has 0 aromatic carbocycles. The number of urea groups is 1. The van der Waals surface area contributed by atoms with E-state index in [1.165, 1.54) is 17.8 Å². The maximum absolute atomic E-state index is 12.2. The van der Waals surface area contributed by atoms with Gasteiger partial charge in [0.05, 0.1) is 5.69 Å². The lowest BCUT2D eigenvalue weighted by molar-refractivity contribution is 0.0949. The molecule has 2 rings (SSSR count). The van der Waals surface area contributed by atoms with Gasteiger partial charge < -0.3 is 19.8 Å². The van der Waals surface area contributed by atoms with E-state index in [1.807, 2.05) is 0 Å². The molecule has 0 bridgehead atoms. The van der Waals surface area contributed by atoms with Crippen LogP contribution < -0.4 is 16.0 Å². The first-order valence-corrected chi connectivity index (χ1v) is 6.69. The van der Waals surface area contributed by atoms with Gasteiger partial charge in [-0.25, -0.2) is 14.8 Å². The van der Waals surface area contributed by atoms with Gasteiger partial charge in [-0.3, -0.25) is 14.9 Å². The molecule has 3 N–H and O–H groups in total. The third-order valence-electron chi connectivity index (χ3n) is 2.98. The molecule has 0 aliphatic heterocycles. The monoisotopic (exact) mass is 319 g/mol. The van der Waals surface area contributed by atoms with Crippen molar-refractivity contribution < 1.29 is 14.4 Å². The lowest BCUT2D eigenvalue weighted by Gasteiger charge is -2.02. The zero-order chi connectivity index (χ0) is 17.1. The van der Waals surface area contributed by atoms with Crippen LogP contribution in [0.2, 0.25) is 0 Å². The Balaban J connectivity index is 2.15. The van der Waals surface area contributed by atoms with E-state index in [0.717, 1.165) is 0 Å². The number of imide groups is 1. The van der Waals surface area contributed by atoms with Crippen LogP contribution in [0, 0.1) is 6.92 Å². The standard InChI is InChI=1S/C13H17N7O3/c1-7-5-19(3)9(15-7)11(21)17-8-6-20(4)10(16-8)12(22)18-13(23)14-2/h5-6H,1-4H3,(H,17,21)(H2,14,18,22,23). The molecule has 2 heterocycles. The minimum atomic E-state index is -0.680. The van der Waals surface area contributed by atoms with Crippen LogP contribution in [0.15, 0.2) is 12.4 Å². The molecule has 23 heavy (non-hydrogen) atoms. The number of hydrogen-bond donors (Lipinski definition) is 3. The molecule has 10 heteroatoms. The maximum atomic E-state index is 12.2. The van der Waals surface area contributed by atoms with Gasteiger partial charge in [-0.2, -0.15) is 0 Å². The molecule has 0 aliphatic rings. The molecule has 0 saturated carbocycles. The van der Waals surface area contributed by atoms with E-state index >= 15 is 0 Å². The van der Waals surface area contributed by atoms with Crippen LogP contribution >= 0.6 is 0 Å². The summed E-state index contributed by atoms with van der Waals surface area (Å²) in [5, 5.41) is 6.92. The number of carbonyl (C=O) groups is 3. The number of carbonyl (C=O) groups excluding carboxylic acids is 3. The SMILES string of the molecule is CNC(=O)NC(=O)c1nc(NC(=O)c2nc(C)cn2C)cn1C. The van der Waals surface area contributed by atoms with Crippen LogP contribution in [0.5, 0.6) is 0 Å². The lowest BCUT2D eigenvalue weighted by atomic mass is 10.5. The Morgan fingerprint density at radius 1 is 1.00 bits per heavy atom. The van der Waals surface area contributed by atoms with Gasteiger partial charge in [0.15, 0.2) is 11.6 Å². The average molecular weight is 319 g/mol. The van der Waals surface area contributed by atoms with Gasteiger partial charge in [0.25, 0.3) is 11.8 Å². The van der Waals surface area contributed by atoms with Crippen LogP contribution in [-0.4, -0.2) is 44.0 Å². The number of amides is 4. The first-order chi connectivity index (χ1) is 10.8. The van der Waals surface area contributed by atoms with E-state index in [0.29, 0.717) is 5.69 Å². The summed E-state index contributed by atoms with van der Waals surface area (Å²) in [5.41, 5.74) is 0.712. The fourth-order valence-corrected chi connectivity index (χ4v) is 1.96. The molecule has 0 unspecified atom stereocenters. The van der Waals surface area contributed by atoms with Crippen LogP contribution in [0.25, 0.3) is 0 Å². The van der Waals surface area contributed by atoms with E-state index in [4.69, 9.17) is 0 Å². The van der Waals surface area contributed by atoms with Crippen LogP contribution in [0.3, 0.4) is 0 Å². The third kappa shape index (κ3) is 3.54. The molecule has 0 saturated heterocycles. The van der Waals surface area contributed by atoms with Gasteiger partial charge in [0.2, 0.25) is 5.82 Å². The summed E-state index contributed by atoms with van der Waals surface area (Å²) < 4.78 is 2.99. The van der Waals surface area contributed by atoms with Crippen molar-refractivity contribution in [2.45, 2.75) is 6.92 Å². The van der Waals surface area contributed by atoms with Crippen molar-refractivity contribution in [3.8, 4) is 0 Å². The molecular weight excluding hydrogens is 302 g/mol. The molecule has 0 fully saturated rings. The first-order valence-electron chi connectivity index (χ1n) is 6.69. The van der Waals surface area contributed by atoms with Crippen molar-refractivity contribution in [1.29, 1.82) is 0 Å². The number of hydrogen-bond acceptors (Lipinski definition) is 5. The Labute approximate surface area is 131 Å². The predicted molar refractivity (Wildman–Crippen MR) is 81.0 cm³/mol. The molecule has 10 nitrogen and oxygen atoms in total. The fraction of sp³-hybridized carbons (Fsp3) is 0.308. The van der Waals surface area contributed by atoms with E-state index in [1.54, 1.807) is 31.8 Å². The second-order valence-electron chi connectivity index (χ2n) is 4.86. The molecule has 0 atom stereocenters. The molecule has 0 aliphatic carbocycles. The number of aromatic nitrogens is 4. The quantitative estimate of drug-likeness (QED) is 0.722. The zero-order valence-electron chi connectivity index (χ0n) is 13.2. The van der Waals surface area contributed by atoms with E-state index in [9.17, 15) is 14.4 Å². The first kappa shape index (κ1) is 16.2. The number of nitrogens with zero attached hydrogens (tertiary/aromatic N) is 4. The molecule has 2 aromatic rings. The summed E-state index contributed by atoms with van der Waals surface area (Å²) >= 11 is 0. The maximum Gasteiger partial charge on any atom is 0.321 e. The van der Waals surface area contributed by atoms with Gasteiger partial charge in [-0.15, -0.1) is 0 Å². The highest BCUT2D eigenvalue weighted by Crippen LogP contribution is 2.09. The molecule has 2 aromatic heterocycles. The number of anilines is 1. The second kappa shape index (κ2) is 6.30. The molecule has 4 amide bonds. The lowest BCUT2D eigenvalue weighted by Crippen LogP contribution is -2.38. The Morgan fingerprint density at radius 3 is 2.17 bits per heavy atom. The summed E-state index contributed by atoms with van der Waals surface area (Å²) in [4.78, 5) is 43.3. The average Bonchev–Trinajstić information content (AvgIpc) is 3.00. The van der Waals surface area contributed by atoms with Gasteiger partial charge in [-0.05, 0) is 6.92 Å². The molecule has 0 radical (unpaired) electrons. The Hall–Kier alpha value is -3.17. The number of rotatable bonds is 3. The summed E-state index contributed by atoms with van der Waals surface area (Å²) in [6, 6.07) is -0.646. The minimum absolute atomic E-state index is 0.0140. The highest BCUT2D eigenvalue weighted by Gasteiger charge is 2.19. The largest absolute Gasteiger partial charge is 0.341 e. The van der Waals surface area contributed by atoms with Crippen molar-refractivity contribution in [3.63, 3.8) is 0 Å². The zero-order valence-corrected chi connectivity index (χ0v) is 13.2. The van der Waals surface area contributed by atoms with E-state index < -0.39 is 17.8 Å². The summed E-state index contributed by atoms with van der Waals surface area (Å²) in [7, 11) is 4.67. The molecule has 122 valence electrons. The highest BCUT2D eigenvalue weighted by atomic mass is 16.2. The number of imidazole rings is 2. The van der Waals surface area contributed by atoms with Crippen LogP contribution in [0.4, 0.5) is 10.6 Å². The minimum Gasteiger partial charge on any atom is -0.341 e. The summed E-state index contributed by atoms with van der Waals surface area (Å²) in [6.45, 7) is 1.78. The summed E-state index contributed by atoms with van der Waals surface area (Å²) in [6.07, 6.45) is 3.18. The predicted octanol–water partition coefficient (Wildman–Crippen LogP) is -0.216. The topological polar surface area (TPSA) is 123 Å². The number of aryl methyl sites for hydroxylation is 3. The van der Waals surface area contributed by atoms with Crippen molar-refractivity contribution in [1.82, 2.24) is 29.7 Å². The van der Waals surface area contributed by atoms with Crippen molar-refractivity contribution >= 4 is 23.7 Å². The van der Waals surface area contributed by atoms with Gasteiger partial charge >= 0.3 is 6.03 Å². The highest BCUT2D eigenvalue weighted by molar-refractivity contribution is 6.04.